The fourth-order valence-electron chi connectivity index (χ4n) is 2.32. The zero-order chi connectivity index (χ0) is 19.9. The molecule has 0 unspecified atom stereocenters. The highest BCUT2D eigenvalue weighted by Gasteiger charge is 2.21. The first kappa shape index (κ1) is 20.6. The lowest BCUT2D eigenvalue weighted by molar-refractivity contribution is -0.142. The van der Waals surface area contributed by atoms with Crippen LogP contribution in [0, 0.1) is 6.92 Å². The van der Waals surface area contributed by atoms with Crippen LogP contribution in [0.15, 0.2) is 64.5 Å². The number of amidine groups is 1. The van der Waals surface area contributed by atoms with Gasteiger partial charge in [0.05, 0.1) is 18.6 Å². The van der Waals surface area contributed by atoms with Gasteiger partial charge >= 0.3 is 5.97 Å². The Morgan fingerprint density at radius 1 is 1.15 bits per heavy atom. The van der Waals surface area contributed by atoms with E-state index in [1.54, 1.807) is 12.1 Å². The van der Waals surface area contributed by atoms with Crippen molar-refractivity contribution in [1.82, 2.24) is 4.72 Å². The Morgan fingerprint density at radius 2 is 1.78 bits per heavy atom. The van der Waals surface area contributed by atoms with E-state index in [2.05, 4.69) is 14.5 Å². The number of nitrogens with zero attached hydrogens (tertiary/aromatic N) is 1. The Kier molecular flexibility index (Phi) is 7.09. The fourth-order valence-corrected chi connectivity index (χ4v) is 3.37. The average molecular weight is 390 g/mol. The summed E-state index contributed by atoms with van der Waals surface area (Å²) in [5.74, 6) is -0.719. The van der Waals surface area contributed by atoms with Crippen LogP contribution in [0.3, 0.4) is 0 Å². The second-order valence-corrected chi connectivity index (χ2v) is 7.56. The lowest BCUT2D eigenvalue weighted by Crippen LogP contribution is -2.35. The molecule has 144 valence electrons. The second kappa shape index (κ2) is 9.29. The predicted octanol–water partition coefficient (Wildman–Crippen LogP) is 1.45. The second-order valence-electron chi connectivity index (χ2n) is 5.88. The molecule has 0 radical (unpaired) electrons. The van der Waals surface area contributed by atoms with E-state index in [-0.39, 0.29) is 17.2 Å². The summed E-state index contributed by atoms with van der Waals surface area (Å²) in [5, 5.41) is 9.40. The quantitative estimate of drug-likeness (QED) is 0.423. The molecule has 0 fully saturated rings. The minimum atomic E-state index is -3.90. The monoisotopic (exact) mass is 390 g/mol. The number of sulfonamides is 1. The Balaban J connectivity index is 2.36. The largest absolute Gasteiger partial charge is 0.467 e. The number of carbonyl (C=O) groups is 1. The first-order valence-corrected chi connectivity index (χ1v) is 9.73. The summed E-state index contributed by atoms with van der Waals surface area (Å²) < 4.78 is 32.4. The van der Waals surface area contributed by atoms with Crippen LogP contribution in [-0.4, -0.2) is 45.1 Å². The number of aryl methyl sites for hydroxylation is 1. The first-order chi connectivity index (χ1) is 12.9. The number of hydrogen-bond donors (Lipinski definition) is 2. The van der Waals surface area contributed by atoms with Gasteiger partial charge in [0.25, 0.3) is 10.0 Å². The number of aliphatic hydroxyl groups excluding tert-OH is 1. The van der Waals surface area contributed by atoms with Crippen LogP contribution in [0.2, 0.25) is 0 Å². The molecule has 2 N–H and O–H groups in total. The minimum Gasteiger partial charge on any atom is -0.467 e. The number of nitrogens with one attached hydrogen (secondary N) is 1. The van der Waals surface area contributed by atoms with E-state index in [0.29, 0.717) is 0 Å². The Morgan fingerprint density at radius 3 is 2.33 bits per heavy atom. The van der Waals surface area contributed by atoms with Crippen molar-refractivity contribution in [3.05, 3.63) is 65.7 Å². The maximum Gasteiger partial charge on any atom is 0.333 e. The molecule has 7 nitrogen and oxygen atoms in total. The lowest BCUT2D eigenvalue weighted by Gasteiger charge is -2.14. The van der Waals surface area contributed by atoms with Crippen molar-refractivity contribution in [3.63, 3.8) is 0 Å². The molecule has 0 aliphatic carbocycles. The number of ether oxygens (including phenoxy) is 1. The smallest absolute Gasteiger partial charge is 0.333 e. The zero-order valence-electron chi connectivity index (χ0n) is 15.1. The van der Waals surface area contributed by atoms with Crippen LogP contribution in [0.5, 0.6) is 0 Å². The standard InChI is InChI=1S/C19H22N2O5S/c1-14-8-10-16(11-9-14)27(24,25)21-18(12-15-6-4-3-5-7-15)20-17(13-22)19(23)26-2/h3-11,17,22H,12-13H2,1-2H3,(H,20,21)/t17-/m0/s1. The highest BCUT2D eigenvalue weighted by atomic mass is 32.2. The van der Waals surface area contributed by atoms with E-state index in [1.807, 2.05) is 37.3 Å². The number of esters is 1. The van der Waals surface area contributed by atoms with Crippen LogP contribution in [-0.2, 0) is 26.0 Å². The van der Waals surface area contributed by atoms with E-state index in [9.17, 15) is 18.3 Å². The first-order valence-electron chi connectivity index (χ1n) is 8.24. The van der Waals surface area contributed by atoms with Gasteiger partial charge in [-0.1, -0.05) is 48.0 Å². The summed E-state index contributed by atoms with van der Waals surface area (Å²) in [6, 6.07) is 14.2. The molecule has 1 atom stereocenters. The van der Waals surface area contributed by atoms with E-state index in [1.165, 1.54) is 19.2 Å². The van der Waals surface area contributed by atoms with E-state index < -0.39 is 28.6 Å². The summed E-state index contributed by atoms with van der Waals surface area (Å²) in [7, 11) is -2.72. The fraction of sp³-hybridized carbons (Fsp3) is 0.263. The molecular weight excluding hydrogens is 368 g/mol. The number of benzene rings is 2. The molecule has 8 heteroatoms. The molecule has 0 aliphatic rings. The van der Waals surface area contributed by atoms with Gasteiger partial charge in [-0.2, -0.15) is 0 Å². The van der Waals surface area contributed by atoms with Crippen molar-refractivity contribution >= 4 is 21.8 Å². The highest BCUT2D eigenvalue weighted by molar-refractivity contribution is 7.90. The van der Waals surface area contributed by atoms with Crippen LogP contribution < -0.4 is 4.72 Å². The molecule has 0 saturated carbocycles. The predicted molar refractivity (Wildman–Crippen MR) is 102 cm³/mol. The molecule has 0 heterocycles. The van der Waals surface area contributed by atoms with Gasteiger partial charge in [0.15, 0.2) is 6.04 Å². The van der Waals surface area contributed by atoms with E-state index in [4.69, 9.17) is 0 Å². The average Bonchev–Trinajstić information content (AvgIpc) is 2.66. The Bertz CT molecular complexity index is 893. The summed E-state index contributed by atoms with van der Waals surface area (Å²) in [4.78, 5) is 15.9. The molecule has 27 heavy (non-hydrogen) atoms. The number of aliphatic imine (C=N–C) groups is 1. The van der Waals surface area contributed by atoms with Gasteiger partial charge in [0.2, 0.25) is 0 Å². The minimum absolute atomic E-state index is 0.0335. The Hall–Kier alpha value is -2.71. The summed E-state index contributed by atoms with van der Waals surface area (Å²) in [6.45, 7) is 1.26. The van der Waals surface area contributed by atoms with Crippen LogP contribution >= 0.6 is 0 Å². The number of hydrogen-bond acceptors (Lipinski definition) is 6. The number of carbonyl (C=O) groups excluding carboxylic acids is 1. The highest BCUT2D eigenvalue weighted by Crippen LogP contribution is 2.11. The summed E-state index contributed by atoms with van der Waals surface area (Å²) in [6.07, 6.45) is 0.138. The van der Waals surface area contributed by atoms with Gasteiger partial charge in [-0.3, -0.25) is 9.71 Å². The normalized spacial score (nSPS) is 13.1. The molecule has 2 rings (SSSR count). The topological polar surface area (TPSA) is 105 Å². The molecular formula is C19H22N2O5S. The van der Waals surface area contributed by atoms with Gasteiger partial charge in [-0.05, 0) is 24.6 Å². The molecule has 0 saturated heterocycles. The molecule has 0 bridgehead atoms. The van der Waals surface area contributed by atoms with Crippen LogP contribution in [0.1, 0.15) is 11.1 Å². The van der Waals surface area contributed by atoms with Crippen molar-refractivity contribution < 1.29 is 23.1 Å². The zero-order valence-corrected chi connectivity index (χ0v) is 15.9. The summed E-state index contributed by atoms with van der Waals surface area (Å²) >= 11 is 0. The lowest BCUT2D eigenvalue weighted by atomic mass is 10.1. The number of methoxy groups -OCH3 is 1. The maximum atomic E-state index is 12.7. The van der Waals surface area contributed by atoms with Crippen molar-refractivity contribution in [2.45, 2.75) is 24.3 Å². The summed E-state index contributed by atoms with van der Waals surface area (Å²) in [5.41, 5.74) is 1.72. The molecule has 0 aromatic heterocycles. The van der Waals surface area contributed by atoms with E-state index in [0.717, 1.165) is 11.1 Å². The molecule has 0 amide bonds. The van der Waals surface area contributed by atoms with Crippen LogP contribution in [0.4, 0.5) is 0 Å². The molecule has 0 spiro atoms. The van der Waals surface area contributed by atoms with Crippen molar-refractivity contribution in [3.8, 4) is 0 Å². The Labute approximate surface area is 158 Å². The van der Waals surface area contributed by atoms with Crippen molar-refractivity contribution in [2.24, 2.45) is 4.99 Å². The van der Waals surface area contributed by atoms with Gasteiger partial charge in [-0.25, -0.2) is 13.2 Å². The number of aliphatic hydroxyl groups is 1. The van der Waals surface area contributed by atoms with Crippen molar-refractivity contribution in [2.75, 3.05) is 13.7 Å². The third-order valence-electron chi connectivity index (χ3n) is 3.76. The molecule has 2 aromatic carbocycles. The number of rotatable bonds is 7. The third kappa shape index (κ3) is 5.90. The van der Waals surface area contributed by atoms with Gasteiger partial charge in [0.1, 0.15) is 5.84 Å². The molecule has 2 aromatic rings. The van der Waals surface area contributed by atoms with Crippen LogP contribution in [0.25, 0.3) is 0 Å². The SMILES string of the molecule is COC(=O)[C@H](CO)N=C(Cc1ccccc1)NS(=O)(=O)c1ccc(C)cc1. The third-order valence-corrected chi connectivity index (χ3v) is 5.15. The van der Waals surface area contributed by atoms with E-state index >= 15 is 0 Å². The molecule has 0 aliphatic heterocycles. The maximum absolute atomic E-state index is 12.7. The van der Waals surface area contributed by atoms with Gasteiger partial charge < -0.3 is 9.84 Å². The van der Waals surface area contributed by atoms with Crippen molar-refractivity contribution in [1.29, 1.82) is 0 Å². The van der Waals surface area contributed by atoms with Gasteiger partial charge in [0, 0.05) is 6.42 Å². The van der Waals surface area contributed by atoms with Gasteiger partial charge in [-0.15, -0.1) is 0 Å².